The molecule has 0 atom stereocenters. The predicted octanol–water partition coefficient (Wildman–Crippen LogP) is 4.25. The van der Waals surface area contributed by atoms with E-state index >= 15 is 0 Å². The van der Waals surface area contributed by atoms with Gasteiger partial charge in [0.15, 0.2) is 0 Å². The molecule has 0 bridgehead atoms. The summed E-state index contributed by atoms with van der Waals surface area (Å²) >= 11 is 0. The number of hydrogen-bond donors (Lipinski definition) is 0. The van der Waals surface area contributed by atoms with Gasteiger partial charge < -0.3 is 0 Å². The van der Waals surface area contributed by atoms with Crippen LogP contribution in [0.1, 0.15) is 5.56 Å². The third-order valence-electron chi connectivity index (χ3n) is 4.18. The van der Waals surface area contributed by atoms with Crippen LogP contribution in [0.5, 0.6) is 0 Å². The summed E-state index contributed by atoms with van der Waals surface area (Å²) in [5.74, 6) is 0. The first-order chi connectivity index (χ1) is 12.1. The Labute approximate surface area is 146 Å². The number of aromatic nitrogens is 2. The maximum atomic E-state index is 13.1. The summed E-state index contributed by atoms with van der Waals surface area (Å²) in [6.45, 7) is 1.89. The van der Waals surface area contributed by atoms with Gasteiger partial charge in [0.25, 0.3) is 10.0 Å². The minimum absolute atomic E-state index is 0.173. The Bertz CT molecular complexity index is 1160. The zero-order valence-electron chi connectivity index (χ0n) is 13.6. The third kappa shape index (κ3) is 2.62. The minimum Gasteiger partial charge on any atom is -0.263 e. The molecule has 4 aromatic rings. The van der Waals surface area contributed by atoms with E-state index in [0.717, 1.165) is 21.9 Å². The molecule has 2 heterocycles. The molecule has 0 radical (unpaired) electrons. The summed E-state index contributed by atoms with van der Waals surface area (Å²) < 4.78 is 27.5. The molecule has 0 aliphatic rings. The molecule has 2 aromatic heterocycles. The van der Waals surface area contributed by atoms with Crippen LogP contribution in [0, 0.1) is 6.92 Å². The largest absolute Gasteiger partial charge is 0.269 e. The fourth-order valence-electron chi connectivity index (χ4n) is 3.03. The van der Waals surface area contributed by atoms with Gasteiger partial charge in [0.05, 0.1) is 5.69 Å². The van der Waals surface area contributed by atoms with Crippen LogP contribution in [0.4, 0.5) is 0 Å². The number of hydrogen-bond acceptors (Lipinski definition) is 3. The Morgan fingerprint density at radius 3 is 2.56 bits per heavy atom. The first kappa shape index (κ1) is 15.6. The van der Waals surface area contributed by atoms with Crippen molar-refractivity contribution < 1.29 is 8.42 Å². The average Bonchev–Trinajstić information content (AvgIpc) is 3.04. The van der Waals surface area contributed by atoms with Crippen molar-refractivity contribution in [2.45, 2.75) is 11.8 Å². The normalized spacial score (nSPS) is 11.7. The van der Waals surface area contributed by atoms with Crippen molar-refractivity contribution >= 4 is 20.8 Å². The molecular formula is C20H16N2O2S. The summed E-state index contributed by atoms with van der Waals surface area (Å²) in [7, 11) is -3.71. The lowest BCUT2D eigenvalue weighted by molar-refractivity contribution is 0.587. The minimum atomic E-state index is -3.71. The summed E-state index contributed by atoms with van der Waals surface area (Å²) in [6, 6.07) is 19.0. The lowest BCUT2D eigenvalue weighted by Crippen LogP contribution is -2.13. The van der Waals surface area contributed by atoms with Crippen molar-refractivity contribution in [2.75, 3.05) is 0 Å². The predicted molar refractivity (Wildman–Crippen MR) is 98.9 cm³/mol. The van der Waals surface area contributed by atoms with Gasteiger partial charge in [-0.3, -0.25) is 4.98 Å². The van der Waals surface area contributed by atoms with Crippen LogP contribution in [0.2, 0.25) is 0 Å². The SMILES string of the molecule is Cc1cc(-c2cccc3ccccc23)n(S(=O)(=O)c2cccnc2)c1. The molecule has 0 aliphatic heterocycles. The van der Waals surface area contributed by atoms with Gasteiger partial charge in [-0.05, 0) is 41.5 Å². The second-order valence-corrected chi connectivity index (χ2v) is 7.73. The van der Waals surface area contributed by atoms with Gasteiger partial charge in [-0.2, -0.15) is 0 Å². The Morgan fingerprint density at radius 2 is 1.76 bits per heavy atom. The average molecular weight is 348 g/mol. The van der Waals surface area contributed by atoms with Crippen LogP contribution < -0.4 is 0 Å². The number of fused-ring (bicyclic) bond motifs is 1. The highest BCUT2D eigenvalue weighted by Crippen LogP contribution is 2.32. The monoisotopic (exact) mass is 348 g/mol. The van der Waals surface area contributed by atoms with Crippen LogP contribution >= 0.6 is 0 Å². The molecule has 0 saturated carbocycles. The van der Waals surface area contributed by atoms with Crippen molar-refractivity contribution in [1.29, 1.82) is 0 Å². The maximum absolute atomic E-state index is 13.1. The summed E-state index contributed by atoms with van der Waals surface area (Å²) in [5, 5.41) is 2.09. The van der Waals surface area contributed by atoms with Crippen LogP contribution in [0.25, 0.3) is 22.0 Å². The summed E-state index contributed by atoms with van der Waals surface area (Å²) in [6.07, 6.45) is 4.59. The first-order valence-electron chi connectivity index (χ1n) is 7.90. The molecule has 4 rings (SSSR count). The molecule has 0 spiro atoms. The second-order valence-electron chi connectivity index (χ2n) is 5.92. The van der Waals surface area contributed by atoms with Gasteiger partial charge in [0, 0.05) is 24.2 Å². The maximum Gasteiger partial charge on any atom is 0.269 e. The van der Waals surface area contributed by atoms with Crippen molar-refractivity contribution in [3.05, 3.63) is 84.8 Å². The van der Waals surface area contributed by atoms with Gasteiger partial charge in [-0.25, -0.2) is 12.4 Å². The van der Waals surface area contributed by atoms with E-state index in [0.29, 0.717) is 5.69 Å². The molecular weight excluding hydrogens is 332 g/mol. The molecule has 4 nitrogen and oxygen atoms in total. The molecule has 0 N–H and O–H groups in total. The lowest BCUT2D eigenvalue weighted by atomic mass is 10.0. The lowest BCUT2D eigenvalue weighted by Gasteiger charge is -2.12. The first-order valence-corrected chi connectivity index (χ1v) is 9.34. The van der Waals surface area contributed by atoms with Crippen LogP contribution in [0.15, 0.2) is 84.1 Å². The van der Waals surface area contributed by atoms with Crippen molar-refractivity contribution in [3.8, 4) is 11.3 Å². The topological polar surface area (TPSA) is 52.0 Å². The van der Waals surface area contributed by atoms with E-state index in [4.69, 9.17) is 0 Å². The second kappa shape index (κ2) is 5.86. The highest BCUT2D eigenvalue weighted by atomic mass is 32.2. The van der Waals surface area contributed by atoms with Crippen LogP contribution in [-0.4, -0.2) is 17.4 Å². The van der Waals surface area contributed by atoms with E-state index in [9.17, 15) is 8.42 Å². The van der Waals surface area contributed by atoms with E-state index in [1.54, 1.807) is 24.5 Å². The highest BCUT2D eigenvalue weighted by molar-refractivity contribution is 7.90. The van der Waals surface area contributed by atoms with E-state index in [2.05, 4.69) is 4.98 Å². The van der Waals surface area contributed by atoms with Crippen LogP contribution in [-0.2, 0) is 10.0 Å². The van der Waals surface area contributed by atoms with Crippen molar-refractivity contribution in [2.24, 2.45) is 0 Å². The number of aryl methyl sites for hydroxylation is 1. The number of nitrogens with zero attached hydrogens (tertiary/aromatic N) is 2. The quantitative estimate of drug-likeness (QED) is 0.556. The Hall–Kier alpha value is -2.92. The molecule has 0 aliphatic carbocycles. The van der Waals surface area contributed by atoms with E-state index < -0.39 is 10.0 Å². The fourth-order valence-corrected chi connectivity index (χ4v) is 4.42. The number of pyridine rings is 1. The summed E-state index contributed by atoms with van der Waals surface area (Å²) in [5.41, 5.74) is 2.42. The molecule has 124 valence electrons. The molecule has 0 saturated heterocycles. The van der Waals surface area contributed by atoms with E-state index in [1.165, 1.54) is 10.2 Å². The number of rotatable bonds is 3. The fraction of sp³-hybridized carbons (Fsp3) is 0.0500. The Balaban J connectivity index is 2.00. The molecule has 5 heteroatoms. The molecule has 25 heavy (non-hydrogen) atoms. The Morgan fingerprint density at radius 1 is 0.960 bits per heavy atom. The van der Waals surface area contributed by atoms with Gasteiger partial charge >= 0.3 is 0 Å². The highest BCUT2D eigenvalue weighted by Gasteiger charge is 2.22. The van der Waals surface area contributed by atoms with Gasteiger partial charge in [-0.15, -0.1) is 0 Å². The molecule has 0 unspecified atom stereocenters. The zero-order valence-corrected chi connectivity index (χ0v) is 14.4. The third-order valence-corrected chi connectivity index (χ3v) is 5.84. The number of benzene rings is 2. The molecule has 0 amide bonds. The zero-order chi connectivity index (χ0) is 17.4. The molecule has 2 aromatic carbocycles. The van der Waals surface area contributed by atoms with Gasteiger partial charge in [0.2, 0.25) is 0 Å². The van der Waals surface area contributed by atoms with Crippen molar-refractivity contribution in [1.82, 2.24) is 8.96 Å². The Kier molecular flexibility index (Phi) is 3.66. The molecule has 0 fully saturated rings. The van der Waals surface area contributed by atoms with E-state index in [1.807, 2.05) is 55.5 Å². The smallest absolute Gasteiger partial charge is 0.263 e. The van der Waals surface area contributed by atoms with Crippen LogP contribution in [0.3, 0.4) is 0 Å². The van der Waals surface area contributed by atoms with E-state index in [-0.39, 0.29) is 4.90 Å². The van der Waals surface area contributed by atoms with Crippen molar-refractivity contribution in [3.63, 3.8) is 0 Å². The van der Waals surface area contributed by atoms with Gasteiger partial charge in [0.1, 0.15) is 4.90 Å². The van der Waals surface area contributed by atoms with Gasteiger partial charge in [-0.1, -0.05) is 42.5 Å². The standard InChI is InChI=1S/C20H16N2O2S/c1-15-12-20(19-10-4-7-16-6-2-3-9-18(16)19)22(14-15)25(23,24)17-8-5-11-21-13-17/h2-14H,1H3. The summed E-state index contributed by atoms with van der Waals surface area (Å²) in [4.78, 5) is 4.12.